The Morgan fingerprint density at radius 1 is 1.50 bits per heavy atom. The van der Waals surface area contributed by atoms with Gasteiger partial charge in [0.05, 0.1) is 4.55 Å². The van der Waals surface area contributed by atoms with E-state index in [0.717, 1.165) is 12.8 Å². The summed E-state index contributed by atoms with van der Waals surface area (Å²) < 4.78 is 24.8. The average Bonchev–Trinajstić information content (AvgIpc) is 1.89. The van der Waals surface area contributed by atoms with Gasteiger partial charge >= 0.3 is 10.5 Å². The van der Waals surface area contributed by atoms with E-state index in [1.54, 1.807) is 0 Å². The van der Waals surface area contributed by atoms with E-state index in [-0.39, 0.29) is 5.75 Å². The molecule has 0 aromatic heterocycles. The van der Waals surface area contributed by atoms with Gasteiger partial charge in [-0.05, 0) is 21.3 Å². The molecule has 0 fully saturated rings. The van der Waals surface area contributed by atoms with Crippen molar-refractivity contribution in [1.82, 2.24) is 0 Å². The molecule has 0 aliphatic carbocycles. The van der Waals surface area contributed by atoms with E-state index in [4.69, 9.17) is 0 Å². The van der Waals surface area contributed by atoms with Crippen molar-refractivity contribution in [2.75, 3.05) is 5.75 Å². The first-order valence-corrected chi connectivity index (χ1v) is 4.81. The average molecular weight is 167 g/mol. The van der Waals surface area contributed by atoms with Gasteiger partial charge in [-0.25, -0.2) is 0 Å². The maximum Gasteiger partial charge on any atom is 0.413 e. The van der Waals surface area contributed by atoms with E-state index < -0.39 is 10.5 Å². The van der Waals surface area contributed by atoms with E-state index in [1.807, 2.05) is 6.92 Å². The maximum absolute atomic E-state index is 10.5. The highest BCUT2D eigenvalue weighted by molar-refractivity contribution is 7.92. The number of rotatable bonds is 5. The second-order valence-corrected chi connectivity index (χ2v) is 3.78. The molecular formula is C5H13NO3S+. The summed E-state index contributed by atoms with van der Waals surface area (Å²) in [5, 5.41) is 0. The zero-order valence-corrected chi connectivity index (χ0v) is 6.86. The first kappa shape index (κ1) is 10.0. The van der Waals surface area contributed by atoms with Crippen LogP contribution < -0.4 is 5.90 Å². The molecule has 0 rings (SSSR count). The highest BCUT2D eigenvalue weighted by Gasteiger charge is 2.28. The number of hydrogen-bond donors (Lipinski definition) is 1. The summed E-state index contributed by atoms with van der Waals surface area (Å²) in [6, 6.07) is 0. The van der Waals surface area contributed by atoms with Gasteiger partial charge in [0.25, 0.3) is 0 Å². The zero-order chi connectivity index (χ0) is 8.04. The molecular weight excluding hydrogens is 154 g/mol. The second kappa shape index (κ2) is 4.79. The molecule has 10 heavy (non-hydrogen) atoms. The van der Waals surface area contributed by atoms with Gasteiger partial charge in [0.2, 0.25) is 0 Å². The van der Waals surface area contributed by atoms with Gasteiger partial charge in [-0.3, -0.25) is 0 Å². The molecule has 0 saturated heterocycles. The minimum atomic E-state index is -3.41. The molecule has 5 heteroatoms. The van der Waals surface area contributed by atoms with Crippen molar-refractivity contribution in [1.29, 1.82) is 0 Å². The lowest BCUT2D eigenvalue weighted by atomic mass is 10.3. The molecule has 0 aliphatic heterocycles. The van der Waals surface area contributed by atoms with Crippen LogP contribution in [0.2, 0.25) is 0 Å². The van der Waals surface area contributed by atoms with Crippen LogP contribution in [0.25, 0.3) is 0 Å². The number of unbranched alkanes of at least 4 members (excludes halogenated alkanes) is 2. The Bertz CT molecular complexity index is 128. The molecule has 0 amide bonds. The maximum atomic E-state index is 10.5. The zero-order valence-electron chi connectivity index (χ0n) is 6.04. The van der Waals surface area contributed by atoms with Crippen molar-refractivity contribution < 1.29 is 13.0 Å². The topological polar surface area (TPSA) is 72.2 Å². The summed E-state index contributed by atoms with van der Waals surface area (Å²) in [7, 11) is -3.41. The first-order chi connectivity index (χ1) is 4.62. The monoisotopic (exact) mass is 167 g/mol. The van der Waals surface area contributed by atoms with E-state index >= 15 is 0 Å². The molecule has 4 nitrogen and oxygen atoms in total. The smallest absolute Gasteiger partial charge is 0.161 e. The molecule has 0 aliphatic rings. The molecule has 2 N–H and O–H groups in total. The van der Waals surface area contributed by atoms with E-state index in [1.165, 1.54) is 0 Å². The van der Waals surface area contributed by atoms with Crippen LogP contribution in [-0.4, -0.2) is 5.75 Å². The summed E-state index contributed by atoms with van der Waals surface area (Å²) in [4.78, 5) is 0. The molecule has 0 heterocycles. The van der Waals surface area contributed by atoms with Crippen molar-refractivity contribution in [3.63, 3.8) is 0 Å². The van der Waals surface area contributed by atoms with Crippen molar-refractivity contribution in [2.45, 2.75) is 26.2 Å². The van der Waals surface area contributed by atoms with Crippen molar-refractivity contribution in [3.8, 4) is 0 Å². The number of hydrogen-bond acceptors (Lipinski definition) is 3. The standard InChI is InChI=1S/C5H13NO3S/c1-2-3-4-5-10(7,8)9-6/h2-6H2,1H3/q+1. The third-order valence-electron chi connectivity index (χ3n) is 1.14. The second-order valence-electron chi connectivity index (χ2n) is 2.07. The van der Waals surface area contributed by atoms with Crippen LogP contribution >= 0.6 is 0 Å². The Morgan fingerprint density at radius 2 is 2.10 bits per heavy atom. The van der Waals surface area contributed by atoms with Crippen molar-refractivity contribution >= 4 is 10.5 Å². The van der Waals surface area contributed by atoms with Crippen LogP contribution in [0, 0.1) is 0 Å². The summed E-state index contributed by atoms with van der Waals surface area (Å²) in [5.41, 5.74) is 0. The predicted molar refractivity (Wildman–Crippen MR) is 38.4 cm³/mol. The van der Waals surface area contributed by atoms with E-state index in [2.05, 4.69) is 10.2 Å². The fraction of sp³-hybridized carbons (Fsp3) is 1.00. The SMILES string of the molecule is CCCCC[S+]([O])(=O)ON. The number of nitrogens with two attached hydrogens (primary N) is 1. The van der Waals surface area contributed by atoms with Crippen LogP contribution in [-0.2, 0) is 23.5 Å². The van der Waals surface area contributed by atoms with Gasteiger partial charge < -0.3 is 0 Å². The minimum absolute atomic E-state index is 0.0251. The lowest BCUT2D eigenvalue weighted by molar-refractivity contribution is 0.261. The molecule has 1 radical (unpaired) electrons. The van der Waals surface area contributed by atoms with Crippen LogP contribution in [0.15, 0.2) is 0 Å². The fourth-order valence-corrected chi connectivity index (χ4v) is 1.23. The Morgan fingerprint density at radius 3 is 2.50 bits per heavy atom. The molecule has 0 spiro atoms. The van der Waals surface area contributed by atoms with Gasteiger partial charge in [0.1, 0.15) is 0 Å². The molecule has 0 aromatic carbocycles. The largest absolute Gasteiger partial charge is 0.413 e. The van der Waals surface area contributed by atoms with Crippen molar-refractivity contribution in [3.05, 3.63) is 0 Å². The van der Waals surface area contributed by atoms with Crippen molar-refractivity contribution in [2.24, 2.45) is 5.90 Å². The Hall–Kier alpha value is 0.0300. The third kappa shape index (κ3) is 4.87. The van der Waals surface area contributed by atoms with Crippen LogP contribution in [0.4, 0.5) is 0 Å². The molecule has 0 aromatic rings. The van der Waals surface area contributed by atoms with Gasteiger partial charge in [0, 0.05) is 0 Å². The Labute approximate surface area is 62.2 Å². The van der Waals surface area contributed by atoms with Crippen LogP contribution in [0.1, 0.15) is 26.2 Å². The molecule has 61 valence electrons. The minimum Gasteiger partial charge on any atom is -0.161 e. The predicted octanol–water partition coefficient (Wildman–Crippen LogP) is 0.827. The van der Waals surface area contributed by atoms with E-state index in [9.17, 15) is 8.76 Å². The van der Waals surface area contributed by atoms with Gasteiger partial charge in [-0.2, -0.15) is 5.90 Å². The highest BCUT2D eigenvalue weighted by atomic mass is 32.3. The summed E-state index contributed by atoms with van der Waals surface area (Å²) in [6.45, 7) is 2.00. The van der Waals surface area contributed by atoms with Gasteiger partial charge in [0.15, 0.2) is 5.75 Å². The molecule has 1 atom stereocenters. The Kier molecular flexibility index (Phi) is 4.80. The fourth-order valence-electron chi connectivity index (χ4n) is 0.577. The quantitative estimate of drug-likeness (QED) is 0.374. The lowest BCUT2D eigenvalue weighted by Crippen LogP contribution is -2.20. The normalized spacial score (nSPS) is 16.7. The highest BCUT2D eigenvalue weighted by Crippen LogP contribution is 2.04. The summed E-state index contributed by atoms with van der Waals surface area (Å²) >= 11 is 0. The Balaban J connectivity index is 3.38. The van der Waals surface area contributed by atoms with Gasteiger partial charge in [-0.1, -0.05) is 13.3 Å². The first-order valence-electron chi connectivity index (χ1n) is 3.23. The third-order valence-corrected chi connectivity index (χ3v) is 2.23. The molecule has 1 unspecified atom stereocenters. The molecule has 0 saturated carbocycles. The van der Waals surface area contributed by atoms with Crippen LogP contribution in [0.5, 0.6) is 0 Å². The van der Waals surface area contributed by atoms with Crippen LogP contribution in [0.3, 0.4) is 0 Å². The molecule has 0 bridgehead atoms. The lowest BCUT2D eigenvalue weighted by Gasteiger charge is -1.94. The summed E-state index contributed by atoms with van der Waals surface area (Å²) in [6.07, 6.45) is 2.50. The van der Waals surface area contributed by atoms with Gasteiger partial charge in [-0.15, -0.1) is 0 Å². The summed E-state index contributed by atoms with van der Waals surface area (Å²) in [5.74, 6) is 4.53. The van der Waals surface area contributed by atoms with E-state index in [0.29, 0.717) is 6.42 Å².